The second-order valence-electron chi connectivity index (χ2n) is 5.58. The number of benzene rings is 1. The first-order valence-corrected chi connectivity index (χ1v) is 10.6. The monoisotopic (exact) mass is 383 g/mol. The number of rotatable bonds is 4. The Morgan fingerprint density at radius 2 is 2.17 bits per heavy atom. The van der Waals surface area contributed by atoms with E-state index >= 15 is 0 Å². The Balaban J connectivity index is 1.87. The number of carbonyl (C=O) groups excluding carboxylic acids is 1. The maximum Gasteiger partial charge on any atom is 0.266 e. The molecule has 1 atom stereocenters. The molecule has 0 spiro atoms. The molecule has 0 N–H and O–H groups in total. The molecular formula is C16H17NO4S3. The lowest BCUT2D eigenvalue weighted by atomic mass is 10.1. The minimum absolute atomic E-state index is 0.0117. The smallest absolute Gasteiger partial charge is 0.266 e. The van der Waals surface area contributed by atoms with Crippen molar-refractivity contribution in [3.63, 3.8) is 0 Å². The maximum absolute atomic E-state index is 12.7. The van der Waals surface area contributed by atoms with Crippen LogP contribution in [-0.2, 0) is 14.6 Å². The van der Waals surface area contributed by atoms with Gasteiger partial charge in [0.05, 0.1) is 29.1 Å². The van der Waals surface area contributed by atoms with Crippen molar-refractivity contribution in [3.05, 3.63) is 34.7 Å². The number of ether oxygens (including phenoxy) is 1. The van der Waals surface area contributed by atoms with E-state index in [1.54, 1.807) is 6.08 Å². The molecule has 0 aliphatic carbocycles. The normalized spacial score (nSPS) is 24.8. The lowest BCUT2D eigenvalue weighted by molar-refractivity contribution is -0.123. The number of nitrogens with zero attached hydrogens (tertiary/aromatic N) is 1. The first kappa shape index (κ1) is 17.4. The van der Waals surface area contributed by atoms with E-state index in [-0.39, 0.29) is 23.5 Å². The first-order chi connectivity index (χ1) is 11.4. The number of amides is 1. The number of sulfone groups is 1. The van der Waals surface area contributed by atoms with Gasteiger partial charge >= 0.3 is 0 Å². The molecule has 0 aromatic heterocycles. The highest BCUT2D eigenvalue weighted by Crippen LogP contribution is 2.37. The topological polar surface area (TPSA) is 63.7 Å². The highest BCUT2D eigenvalue weighted by molar-refractivity contribution is 8.26. The van der Waals surface area contributed by atoms with E-state index < -0.39 is 9.84 Å². The predicted octanol–water partition coefficient (Wildman–Crippen LogP) is 2.47. The molecule has 128 valence electrons. The van der Waals surface area contributed by atoms with Gasteiger partial charge in [-0.05, 0) is 25.5 Å². The molecule has 0 radical (unpaired) electrons. The molecule has 2 aliphatic heterocycles. The predicted molar refractivity (Wildman–Crippen MR) is 99.7 cm³/mol. The third kappa shape index (κ3) is 3.50. The summed E-state index contributed by atoms with van der Waals surface area (Å²) in [4.78, 5) is 14.7. The van der Waals surface area contributed by atoms with Gasteiger partial charge in [-0.25, -0.2) is 8.42 Å². The van der Waals surface area contributed by atoms with Crippen molar-refractivity contribution in [1.29, 1.82) is 0 Å². The second kappa shape index (κ2) is 6.85. The number of carbonyl (C=O) groups is 1. The van der Waals surface area contributed by atoms with Gasteiger partial charge in [0, 0.05) is 5.56 Å². The van der Waals surface area contributed by atoms with Crippen LogP contribution in [0, 0.1) is 0 Å². The fraction of sp³-hybridized carbons (Fsp3) is 0.375. The van der Waals surface area contributed by atoms with E-state index in [2.05, 4.69) is 0 Å². The van der Waals surface area contributed by atoms with Gasteiger partial charge in [-0.3, -0.25) is 9.69 Å². The minimum atomic E-state index is -3.07. The summed E-state index contributed by atoms with van der Waals surface area (Å²) >= 11 is 6.52. The van der Waals surface area contributed by atoms with Crippen LogP contribution in [0.25, 0.3) is 6.08 Å². The Bertz CT molecular complexity index is 816. The van der Waals surface area contributed by atoms with E-state index in [1.807, 2.05) is 31.2 Å². The van der Waals surface area contributed by atoms with E-state index in [4.69, 9.17) is 17.0 Å². The lowest BCUT2D eigenvalue weighted by Gasteiger charge is -2.20. The average molecular weight is 384 g/mol. The summed E-state index contributed by atoms with van der Waals surface area (Å²) in [7, 11) is -3.07. The number of thiocarbonyl (C=S) groups is 1. The molecule has 1 amide bonds. The number of hydrogen-bond acceptors (Lipinski definition) is 6. The van der Waals surface area contributed by atoms with Crippen LogP contribution >= 0.6 is 24.0 Å². The molecule has 1 aromatic carbocycles. The van der Waals surface area contributed by atoms with Crippen molar-refractivity contribution in [2.75, 3.05) is 18.1 Å². The second-order valence-corrected chi connectivity index (χ2v) is 9.48. The standard InChI is InChI=1S/C16H17NO4S3/c1-2-21-13-6-4-3-5-11(13)9-14-15(18)17(16(22)23-14)12-7-8-24(19,20)10-12/h3-6,9,12H,2,7-8,10H2,1H3/b14-9-/t12-/m1/s1. The number of thioether (sulfide) groups is 1. The van der Waals surface area contributed by atoms with Gasteiger partial charge in [0.25, 0.3) is 5.91 Å². The van der Waals surface area contributed by atoms with Crippen molar-refractivity contribution in [2.24, 2.45) is 0 Å². The third-order valence-electron chi connectivity index (χ3n) is 3.90. The first-order valence-electron chi connectivity index (χ1n) is 7.60. The summed E-state index contributed by atoms with van der Waals surface area (Å²) < 4.78 is 29.4. The van der Waals surface area contributed by atoms with Gasteiger partial charge in [-0.1, -0.05) is 42.2 Å². The molecule has 5 nitrogen and oxygen atoms in total. The van der Waals surface area contributed by atoms with Gasteiger partial charge in [0.15, 0.2) is 9.84 Å². The molecule has 8 heteroatoms. The van der Waals surface area contributed by atoms with E-state index in [9.17, 15) is 13.2 Å². The Labute approximate surface area is 151 Å². The van der Waals surface area contributed by atoms with E-state index in [0.717, 1.165) is 5.56 Å². The van der Waals surface area contributed by atoms with E-state index in [0.29, 0.717) is 28.0 Å². The molecule has 2 aliphatic rings. The van der Waals surface area contributed by atoms with Crippen LogP contribution in [-0.4, -0.2) is 47.7 Å². The Morgan fingerprint density at radius 3 is 2.83 bits per heavy atom. The molecule has 1 aromatic rings. The van der Waals surface area contributed by atoms with Crippen molar-refractivity contribution in [1.82, 2.24) is 4.90 Å². The summed E-state index contributed by atoms with van der Waals surface area (Å²) in [6, 6.07) is 7.11. The van der Waals surface area contributed by atoms with E-state index in [1.165, 1.54) is 16.7 Å². The van der Waals surface area contributed by atoms with Gasteiger partial charge in [0.2, 0.25) is 0 Å². The van der Waals surface area contributed by atoms with Crippen LogP contribution in [0.2, 0.25) is 0 Å². The highest BCUT2D eigenvalue weighted by atomic mass is 32.2. The van der Waals surface area contributed by atoms with Crippen molar-refractivity contribution in [3.8, 4) is 5.75 Å². The highest BCUT2D eigenvalue weighted by Gasteiger charge is 2.42. The summed E-state index contributed by atoms with van der Waals surface area (Å²) in [5.74, 6) is 0.579. The number of hydrogen-bond donors (Lipinski definition) is 0. The summed E-state index contributed by atoms with van der Waals surface area (Å²) in [6.07, 6.45) is 2.20. The van der Waals surface area contributed by atoms with Crippen LogP contribution in [0.15, 0.2) is 29.2 Å². The van der Waals surface area contributed by atoms with Crippen molar-refractivity contribution in [2.45, 2.75) is 19.4 Å². The van der Waals surface area contributed by atoms with Crippen LogP contribution < -0.4 is 4.74 Å². The zero-order chi connectivity index (χ0) is 17.3. The van der Waals surface area contributed by atoms with Crippen molar-refractivity contribution < 1.29 is 17.9 Å². The van der Waals surface area contributed by atoms with Gasteiger partial charge in [-0.15, -0.1) is 0 Å². The van der Waals surface area contributed by atoms with Gasteiger partial charge < -0.3 is 4.74 Å². The number of para-hydroxylation sites is 1. The van der Waals surface area contributed by atoms with Crippen LogP contribution in [0.1, 0.15) is 18.9 Å². The molecule has 24 heavy (non-hydrogen) atoms. The minimum Gasteiger partial charge on any atom is -0.493 e. The molecule has 3 rings (SSSR count). The molecule has 2 heterocycles. The Kier molecular flexibility index (Phi) is 4.98. The third-order valence-corrected chi connectivity index (χ3v) is 6.98. The Morgan fingerprint density at radius 1 is 1.42 bits per heavy atom. The molecule has 2 fully saturated rings. The van der Waals surface area contributed by atoms with Crippen LogP contribution in [0.4, 0.5) is 0 Å². The molecule has 0 saturated carbocycles. The van der Waals surface area contributed by atoms with Gasteiger partial charge in [-0.2, -0.15) is 0 Å². The summed E-state index contributed by atoms with van der Waals surface area (Å²) in [6.45, 7) is 2.43. The van der Waals surface area contributed by atoms with Gasteiger partial charge in [0.1, 0.15) is 10.1 Å². The van der Waals surface area contributed by atoms with Crippen molar-refractivity contribution >= 4 is 50.1 Å². The zero-order valence-electron chi connectivity index (χ0n) is 13.1. The van der Waals surface area contributed by atoms with Crippen LogP contribution in [0.3, 0.4) is 0 Å². The average Bonchev–Trinajstić information content (AvgIpc) is 3.01. The fourth-order valence-electron chi connectivity index (χ4n) is 2.80. The van der Waals surface area contributed by atoms with Crippen LogP contribution in [0.5, 0.6) is 5.75 Å². The summed E-state index contributed by atoms with van der Waals surface area (Å²) in [5.41, 5.74) is 0.805. The molecular weight excluding hydrogens is 366 g/mol. The fourth-order valence-corrected chi connectivity index (χ4v) is 5.89. The molecule has 0 bridgehead atoms. The molecule has 0 unspecified atom stereocenters. The zero-order valence-corrected chi connectivity index (χ0v) is 15.5. The largest absolute Gasteiger partial charge is 0.493 e. The summed E-state index contributed by atoms with van der Waals surface area (Å²) in [5, 5.41) is 0. The quantitative estimate of drug-likeness (QED) is 0.588. The molecule has 2 saturated heterocycles. The maximum atomic E-state index is 12.7. The SMILES string of the molecule is CCOc1ccccc1/C=C1\SC(=S)N([C@@H]2CCS(=O)(=O)C2)C1=O. The Hall–Kier alpha value is -1.38. The lowest BCUT2D eigenvalue weighted by Crippen LogP contribution is -2.39.